The lowest BCUT2D eigenvalue weighted by Crippen LogP contribution is -2.32. The van der Waals surface area contributed by atoms with Crippen LogP contribution >= 0.6 is 0 Å². The molecule has 0 radical (unpaired) electrons. The Morgan fingerprint density at radius 1 is 1.35 bits per heavy atom. The predicted octanol–water partition coefficient (Wildman–Crippen LogP) is 2.99. The number of alkyl carbamates (subject to hydrolysis) is 1. The van der Waals surface area contributed by atoms with Crippen LogP contribution < -0.4 is 10.1 Å². The van der Waals surface area contributed by atoms with Gasteiger partial charge in [0.05, 0.1) is 13.7 Å². The lowest BCUT2D eigenvalue weighted by atomic mass is 10.2. The van der Waals surface area contributed by atoms with Gasteiger partial charge in [0.15, 0.2) is 0 Å². The van der Waals surface area contributed by atoms with Crippen LogP contribution in [0.15, 0.2) is 12.3 Å². The van der Waals surface area contributed by atoms with Crippen molar-refractivity contribution >= 4 is 6.09 Å². The van der Waals surface area contributed by atoms with Crippen LogP contribution in [0, 0.1) is 11.8 Å². The van der Waals surface area contributed by atoms with E-state index in [0.29, 0.717) is 0 Å². The highest BCUT2D eigenvalue weighted by Crippen LogP contribution is 2.35. The fourth-order valence-corrected chi connectivity index (χ4v) is 1.46. The lowest BCUT2D eigenvalue weighted by Gasteiger charge is -2.19. The van der Waals surface area contributed by atoms with Crippen molar-refractivity contribution in [2.45, 2.75) is 32.5 Å². The molecule has 8 heteroatoms. The molecule has 1 heterocycles. The summed E-state index contributed by atoms with van der Waals surface area (Å²) in [7, 11) is 1.10. The van der Waals surface area contributed by atoms with E-state index in [1.54, 1.807) is 20.8 Å². The van der Waals surface area contributed by atoms with Gasteiger partial charge in [0.1, 0.15) is 11.2 Å². The maximum absolute atomic E-state index is 12.8. The quantitative estimate of drug-likeness (QED) is 0.847. The second-order valence-electron chi connectivity index (χ2n) is 5.44. The van der Waals surface area contributed by atoms with E-state index in [-0.39, 0.29) is 12.1 Å². The van der Waals surface area contributed by atoms with E-state index in [1.165, 1.54) is 0 Å². The van der Waals surface area contributed by atoms with Gasteiger partial charge >= 0.3 is 12.3 Å². The molecular weight excluding hydrogens is 313 g/mol. The number of nitrogens with one attached hydrogen (secondary N) is 1. The largest absolute Gasteiger partial charge is 0.481 e. The van der Waals surface area contributed by atoms with Crippen molar-refractivity contribution in [1.29, 1.82) is 0 Å². The molecule has 0 saturated heterocycles. The molecule has 0 unspecified atom stereocenters. The first-order valence-corrected chi connectivity index (χ1v) is 6.60. The predicted molar refractivity (Wildman–Crippen MR) is 76.9 cm³/mol. The Labute approximate surface area is 132 Å². The smallest absolute Gasteiger partial charge is 0.421 e. The van der Waals surface area contributed by atoms with Gasteiger partial charge in [-0.05, 0) is 26.8 Å². The lowest BCUT2D eigenvalue weighted by molar-refractivity contribution is -0.139. The molecule has 126 valence electrons. The highest BCUT2D eigenvalue weighted by Gasteiger charge is 2.35. The summed E-state index contributed by atoms with van der Waals surface area (Å²) in [6.45, 7) is 5.06. The maximum Gasteiger partial charge on any atom is 0.421 e. The molecule has 23 heavy (non-hydrogen) atoms. The zero-order valence-corrected chi connectivity index (χ0v) is 13.2. The zero-order chi connectivity index (χ0) is 17.7. The van der Waals surface area contributed by atoms with Crippen LogP contribution in [0.4, 0.5) is 18.0 Å². The van der Waals surface area contributed by atoms with E-state index in [2.05, 4.69) is 26.9 Å². The average molecular weight is 330 g/mol. The number of rotatable bonds is 2. The second kappa shape index (κ2) is 7.22. The summed E-state index contributed by atoms with van der Waals surface area (Å²) >= 11 is 0. The van der Waals surface area contributed by atoms with Gasteiger partial charge in [-0.25, -0.2) is 9.78 Å². The van der Waals surface area contributed by atoms with Gasteiger partial charge in [-0.3, -0.25) is 0 Å². The molecule has 0 saturated carbocycles. The second-order valence-corrected chi connectivity index (χ2v) is 5.44. The van der Waals surface area contributed by atoms with Crippen LogP contribution in [-0.4, -0.2) is 30.3 Å². The highest BCUT2D eigenvalue weighted by molar-refractivity contribution is 5.68. The number of amides is 1. The number of ether oxygens (including phenoxy) is 2. The SMILES string of the molecule is COc1ncc(C#CCNC(=O)OC(C)(C)C)cc1C(F)(F)F. The standard InChI is InChI=1S/C15H17F3N2O3/c1-14(2,3)23-13(21)19-7-5-6-10-8-11(15(16,17)18)12(22-4)20-9-10/h8-9H,7H2,1-4H3,(H,19,21). The molecule has 1 rings (SSSR count). The van der Waals surface area contributed by atoms with E-state index >= 15 is 0 Å². The maximum atomic E-state index is 12.8. The van der Waals surface area contributed by atoms with Crippen molar-refractivity contribution in [3.05, 3.63) is 23.4 Å². The number of hydrogen-bond acceptors (Lipinski definition) is 4. The van der Waals surface area contributed by atoms with Crippen molar-refractivity contribution in [1.82, 2.24) is 10.3 Å². The molecule has 0 fully saturated rings. The molecular formula is C15H17F3N2O3. The van der Waals surface area contributed by atoms with E-state index in [0.717, 1.165) is 19.4 Å². The third-order valence-electron chi connectivity index (χ3n) is 2.30. The van der Waals surface area contributed by atoms with Gasteiger partial charge in [0.2, 0.25) is 5.88 Å². The van der Waals surface area contributed by atoms with Crippen LogP contribution in [-0.2, 0) is 10.9 Å². The Bertz CT molecular complexity index is 626. The number of alkyl halides is 3. The number of carbonyl (C=O) groups is 1. The van der Waals surface area contributed by atoms with Crippen molar-refractivity contribution in [2.24, 2.45) is 0 Å². The van der Waals surface area contributed by atoms with Crippen molar-refractivity contribution in [3.8, 4) is 17.7 Å². The van der Waals surface area contributed by atoms with Crippen molar-refractivity contribution in [2.75, 3.05) is 13.7 Å². The molecule has 0 bridgehead atoms. The average Bonchev–Trinajstić information content (AvgIpc) is 2.40. The minimum absolute atomic E-state index is 0.0594. The summed E-state index contributed by atoms with van der Waals surface area (Å²) in [5, 5.41) is 2.37. The van der Waals surface area contributed by atoms with Crippen molar-refractivity contribution < 1.29 is 27.4 Å². The topological polar surface area (TPSA) is 60.5 Å². The number of pyridine rings is 1. The van der Waals surface area contributed by atoms with E-state index in [1.807, 2.05) is 0 Å². The third kappa shape index (κ3) is 6.46. The van der Waals surface area contributed by atoms with Gasteiger partial charge in [0, 0.05) is 11.8 Å². The number of nitrogens with zero attached hydrogens (tertiary/aromatic N) is 1. The molecule has 1 aromatic heterocycles. The number of aromatic nitrogens is 1. The van der Waals surface area contributed by atoms with Gasteiger partial charge in [-0.2, -0.15) is 13.2 Å². The first-order valence-electron chi connectivity index (χ1n) is 6.60. The monoisotopic (exact) mass is 330 g/mol. The minimum atomic E-state index is -4.59. The molecule has 0 aromatic carbocycles. The molecule has 0 aliphatic rings. The van der Waals surface area contributed by atoms with Crippen molar-refractivity contribution in [3.63, 3.8) is 0 Å². The molecule has 0 spiro atoms. The summed E-state index contributed by atoms with van der Waals surface area (Å²) in [4.78, 5) is 14.9. The molecule has 1 amide bonds. The zero-order valence-electron chi connectivity index (χ0n) is 13.2. The fourth-order valence-electron chi connectivity index (χ4n) is 1.46. The van der Waals surface area contributed by atoms with Crippen LogP contribution in [0.3, 0.4) is 0 Å². The normalized spacial score (nSPS) is 11.3. The first kappa shape index (κ1) is 18.6. The molecule has 5 nitrogen and oxygen atoms in total. The van der Waals surface area contributed by atoms with Crippen LogP contribution in [0.2, 0.25) is 0 Å². The van der Waals surface area contributed by atoms with Crippen LogP contribution in [0.1, 0.15) is 31.9 Å². The Balaban J connectivity index is 2.75. The molecule has 0 atom stereocenters. The number of halogens is 3. The number of carbonyl (C=O) groups excluding carboxylic acids is 1. The van der Waals surface area contributed by atoms with E-state index < -0.39 is 29.3 Å². The van der Waals surface area contributed by atoms with Crippen LogP contribution in [0.25, 0.3) is 0 Å². The van der Waals surface area contributed by atoms with Gasteiger partial charge in [-0.1, -0.05) is 11.8 Å². The summed E-state index contributed by atoms with van der Waals surface area (Å²) in [5.41, 5.74) is -1.59. The van der Waals surface area contributed by atoms with E-state index in [9.17, 15) is 18.0 Å². The van der Waals surface area contributed by atoms with E-state index in [4.69, 9.17) is 4.74 Å². The summed E-state index contributed by atoms with van der Waals surface area (Å²) in [5.74, 6) is 4.49. The Morgan fingerprint density at radius 3 is 2.52 bits per heavy atom. The third-order valence-corrected chi connectivity index (χ3v) is 2.30. The fraction of sp³-hybridized carbons (Fsp3) is 0.467. The first-order chi connectivity index (χ1) is 10.5. The van der Waals surface area contributed by atoms with Gasteiger partial charge in [-0.15, -0.1) is 0 Å². The highest BCUT2D eigenvalue weighted by atomic mass is 19.4. The number of hydrogen-bond donors (Lipinski definition) is 1. The number of methoxy groups -OCH3 is 1. The molecule has 1 N–H and O–H groups in total. The summed E-state index contributed by atoms with van der Waals surface area (Å²) in [6.07, 6.45) is -4.09. The van der Waals surface area contributed by atoms with Gasteiger partial charge in [0.25, 0.3) is 0 Å². The summed E-state index contributed by atoms with van der Waals surface area (Å²) < 4.78 is 48.0. The molecule has 0 aliphatic heterocycles. The van der Waals surface area contributed by atoms with Gasteiger partial charge < -0.3 is 14.8 Å². The van der Waals surface area contributed by atoms with Crippen LogP contribution in [0.5, 0.6) is 5.88 Å². The summed E-state index contributed by atoms with van der Waals surface area (Å²) in [6, 6.07) is 0.840. The Hall–Kier alpha value is -2.43. The minimum Gasteiger partial charge on any atom is -0.481 e. The Kier molecular flexibility index (Phi) is 5.85. The molecule has 1 aromatic rings. The molecule has 0 aliphatic carbocycles. The Morgan fingerprint density at radius 2 is 2.00 bits per heavy atom.